The standard InChI is InChI=1S/C12H12Br2N2S/c1-3-8-6-15-12(17)16(8)11-9(13)4-7(2)5-10(11)14/h4-6H,3H2,1-2H3,(H,15,17). The van der Waals surface area contributed by atoms with E-state index in [2.05, 4.69) is 67.4 Å². The van der Waals surface area contributed by atoms with Gasteiger partial charge in [-0.2, -0.15) is 0 Å². The number of benzene rings is 1. The fourth-order valence-corrected chi connectivity index (χ4v) is 3.85. The molecule has 5 heteroatoms. The minimum atomic E-state index is 0.715. The smallest absolute Gasteiger partial charge is 0.182 e. The van der Waals surface area contributed by atoms with Crippen LogP contribution in [-0.2, 0) is 6.42 Å². The van der Waals surface area contributed by atoms with Gasteiger partial charge in [0, 0.05) is 20.8 Å². The third-order valence-electron chi connectivity index (χ3n) is 2.60. The predicted molar refractivity (Wildman–Crippen MR) is 80.5 cm³/mol. The van der Waals surface area contributed by atoms with E-state index in [1.165, 1.54) is 11.3 Å². The zero-order chi connectivity index (χ0) is 12.6. The molecule has 2 nitrogen and oxygen atoms in total. The maximum absolute atomic E-state index is 5.34. The summed E-state index contributed by atoms with van der Waals surface area (Å²) in [7, 11) is 0. The molecule has 17 heavy (non-hydrogen) atoms. The molecule has 2 rings (SSSR count). The number of rotatable bonds is 2. The van der Waals surface area contributed by atoms with Crippen molar-refractivity contribution >= 4 is 44.1 Å². The van der Waals surface area contributed by atoms with Gasteiger partial charge < -0.3 is 4.98 Å². The summed E-state index contributed by atoms with van der Waals surface area (Å²) in [4.78, 5) is 3.09. The Kier molecular flexibility index (Phi) is 3.90. The van der Waals surface area contributed by atoms with E-state index in [1.54, 1.807) is 0 Å². The van der Waals surface area contributed by atoms with E-state index in [-0.39, 0.29) is 0 Å². The summed E-state index contributed by atoms with van der Waals surface area (Å²) >= 11 is 12.6. The topological polar surface area (TPSA) is 20.7 Å². The van der Waals surface area contributed by atoms with E-state index in [0.717, 1.165) is 21.1 Å². The Balaban J connectivity index is 2.77. The summed E-state index contributed by atoms with van der Waals surface area (Å²) in [5.41, 5.74) is 3.42. The highest BCUT2D eigenvalue weighted by molar-refractivity contribution is 9.11. The van der Waals surface area contributed by atoms with Crippen LogP contribution in [0, 0.1) is 11.7 Å². The van der Waals surface area contributed by atoms with Crippen molar-refractivity contribution in [1.82, 2.24) is 9.55 Å². The molecule has 1 aromatic carbocycles. The summed E-state index contributed by atoms with van der Waals surface area (Å²) in [6, 6.07) is 4.18. The number of nitrogens with one attached hydrogen (secondary N) is 1. The van der Waals surface area contributed by atoms with Crippen molar-refractivity contribution in [3.63, 3.8) is 0 Å². The largest absolute Gasteiger partial charge is 0.337 e. The average Bonchev–Trinajstić information content (AvgIpc) is 2.59. The van der Waals surface area contributed by atoms with Crippen molar-refractivity contribution in [1.29, 1.82) is 0 Å². The van der Waals surface area contributed by atoms with Gasteiger partial charge in [-0.15, -0.1) is 0 Å². The number of aryl methyl sites for hydroxylation is 2. The molecule has 0 bridgehead atoms. The second-order valence-corrected chi connectivity index (χ2v) is 5.95. The van der Waals surface area contributed by atoms with E-state index in [1.807, 2.05) is 6.20 Å². The zero-order valence-corrected chi connectivity index (χ0v) is 13.5. The van der Waals surface area contributed by atoms with Gasteiger partial charge in [-0.3, -0.25) is 4.57 Å². The van der Waals surface area contributed by atoms with E-state index in [9.17, 15) is 0 Å². The first-order valence-corrected chi connectivity index (χ1v) is 7.29. The molecule has 0 spiro atoms. The summed E-state index contributed by atoms with van der Waals surface area (Å²) in [5, 5.41) is 0. The Morgan fingerprint density at radius 1 is 1.29 bits per heavy atom. The predicted octanol–water partition coefficient (Wildman–Crippen LogP) is 4.93. The van der Waals surface area contributed by atoms with Gasteiger partial charge in [0.25, 0.3) is 0 Å². The Morgan fingerprint density at radius 3 is 2.41 bits per heavy atom. The van der Waals surface area contributed by atoms with Gasteiger partial charge in [0.15, 0.2) is 4.77 Å². The normalized spacial score (nSPS) is 10.8. The first kappa shape index (κ1) is 13.1. The van der Waals surface area contributed by atoms with Gasteiger partial charge in [0.05, 0.1) is 5.69 Å². The van der Waals surface area contributed by atoms with Crippen LogP contribution in [0.2, 0.25) is 0 Å². The van der Waals surface area contributed by atoms with E-state index >= 15 is 0 Å². The lowest BCUT2D eigenvalue weighted by Crippen LogP contribution is -2.01. The number of H-pyrrole nitrogens is 1. The first-order chi connectivity index (χ1) is 8.04. The molecule has 0 saturated heterocycles. The lowest BCUT2D eigenvalue weighted by Gasteiger charge is -2.12. The molecule has 0 amide bonds. The fourth-order valence-electron chi connectivity index (χ4n) is 1.82. The van der Waals surface area contributed by atoms with E-state index < -0.39 is 0 Å². The zero-order valence-electron chi connectivity index (χ0n) is 9.55. The Labute approximate surface area is 122 Å². The molecule has 0 aliphatic carbocycles. The molecule has 0 saturated carbocycles. The van der Waals surface area contributed by atoms with Crippen molar-refractivity contribution in [2.24, 2.45) is 0 Å². The number of aromatic nitrogens is 2. The number of halogens is 2. The molecule has 0 radical (unpaired) electrons. The summed E-state index contributed by atoms with van der Waals surface area (Å²) in [6.45, 7) is 4.18. The summed E-state index contributed by atoms with van der Waals surface area (Å²) < 4.78 is 4.85. The van der Waals surface area contributed by atoms with E-state index in [0.29, 0.717) is 4.77 Å². The Bertz CT molecular complexity index is 590. The van der Waals surface area contributed by atoms with Crippen LogP contribution >= 0.6 is 44.1 Å². The van der Waals surface area contributed by atoms with Gasteiger partial charge in [0.1, 0.15) is 0 Å². The third-order valence-corrected chi connectivity index (χ3v) is 4.11. The quantitative estimate of drug-likeness (QED) is 0.738. The van der Waals surface area contributed by atoms with Crippen molar-refractivity contribution in [2.75, 3.05) is 0 Å². The average molecular weight is 376 g/mol. The van der Waals surface area contributed by atoms with Crippen molar-refractivity contribution in [2.45, 2.75) is 20.3 Å². The minimum absolute atomic E-state index is 0.715. The van der Waals surface area contributed by atoms with E-state index in [4.69, 9.17) is 12.2 Å². The Morgan fingerprint density at radius 2 is 1.88 bits per heavy atom. The highest BCUT2D eigenvalue weighted by atomic mass is 79.9. The molecule has 1 aromatic heterocycles. The van der Waals surface area contributed by atoms with Crippen LogP contribution in [0.15, 0.2) is 27.3 Å². The monoisotopic (exact) mass is 374 g/mol. The first-order valence-electron chi connectivity index (χ1n) is 5.30. The molecular weight excluding hydrogens is 364 g/mol. The molecule has 0 aliphatic rings. The lowest BCUT2D eigenvalue weighted by molar-refractivity contribution is 0.913. The van der Waals surface area contributed by atoms with Gasteiger partial charge in [0.2, 0.25) is 0 Å². The van der Waals surface area contributed by atoms with Crippen molar-refractivity contribution in [3.05, 3.63) is 43.3 Å². The molecule has 90 valence electrons. The van der Waals surface area contributed by atoms with Crippen LogP contribution in [0.5, 0.6) is 0 Å². The fraction of sp³-hybridized carbons (Fsp3) is 0.250. The van der Waals surface area contributed by atoms with Crippen LogP contribution in [-0.4, -0.2) is 9.55 Å². The number of hydrogen-bond donors (Lipinski definition) is 1. The molecule has 0 aliphatic heterocycles. The third kappa shape index (κ3) is 2.41. The van der Waals surface area contributed by atoms with Crippen LogP contribution in [0.1, 0.15) is 18.2 Å². The minimum Gasteiger partial charge on any atom is -0.337 e. The number of nitrogens with zero attached hydrogens (tertiary/aromatic N) is 1. The second-order valence-electron chi connectivity index (χ2n) is 3.85. The summed E-state index contributed by atoms with van der Waals surface area (Å²) in [5.74, 6) is 0. The van der Waals surface area contributed by atoms with Gasteiger partial charge in [-0.1, -0.05) is 6.92 Å². The highest BCUT2D eigenvalue weighted by Crippen LogP contribution is 2.32. The molecule has 1 heterocycles. The van der Waals surface area contributed by atoms with Crippen LogP contribution < -0.4 is 0 Å². The molecule has 2 aromatic rings. The number of hydrogen-bond acceptors (Lipinski definition) is 1. The molecular formula is C12H12Br2N2S. The molecule has 0 atom stereocenters. The lowest BCUT2D eigenvalue weighted by atomic mass is 10.2. The number of imidazole rings is 1. The maximum Gasteiger partial charge on any atom is 0.182 e. The maximum atomic E-state index is 5.34. The second kappa shape index (κ2) is 5.08. The molecule has 0 fully saturated rings. The molecule has 1 N–H and O–H groups in total. The highest BCUT2D eigenvalue weighted by Gasteiger charge is 2.12. The van der Waals surface area contributed by atoms with Gasteiger partial charge in [-0.05, 0) is 75.1 Å². The Hall–Kier alpha value is -0.390. The van der Waals surface area contributed by atoms with Crippen molar-refractivity contribution < 1.29 is 0 Å². The van der Waals surface area contributed by atoms with Crippen molar-refractivity contribution in [3.8, 4) is 5.69 Å². The SMILES string of the molecule is CCc1c[nH]c(=S)n1-c1c(Br)cc(C)cc1Br. The van der Waals surface area contributed by atoms with Gasteiger partial charge >= 0.3 is 0 Å². The van der Waals surface area contributed by atoms with Gasteiger partial charge in [-0.25, -0.2) is 0 Å². The molecule has 0 unspecified atom stereocenters. The van der Waals surface area contributed by atoms with Crippen LogP contribution in [0.25, 0.3) is 5.69 Å². The van der Waals surface area contributed by atoms with Crippen LogP contribution in [0.4, 0.5) is 0 Å². The number of aromatic amines is 1. The summed E-state index contributed by atoms with van der Waals surface area (Å²) in [6.07, 6.45) is 2.89. The van der Waals surface area contributed by atoms with Crippen LogP contribution in [0.3, 0.4) is 0 Å².